The van der Waals surface area contributed by atoms with Gasteiger partial charge in [-0.25, -0.2) is 4.98 Å². The van der Waals surface area contributed by atoms with Crippen LogP contribution in [0.3, 0.4) is 0 Å². The van der Waals surface area contributed by atoms with E-state index in [0.29, 0.717) is 16.4 Å². The quantitative estimate of drug-likeness (QED) is 0.808. The molecule has 0 aliphatic rings. The molecule has 0 bridgehead atoms. The first-order chi connectivity index (χ1) is 8.90. The predicted molar refractivity (Wildman–Crippen MR) is 74.8 cm³/mol. The lowest BCUT2D eigenvalue weighted by Gasteiger charge is -2.10. The van der Waals surface area contributed by atoms with Gasteiger partial charge in [0.2, 0.25) is 5.78 Å². The Labute approximate surface area is 117 Å². The van der Waals surface area contributed by atoms with Crippen LogP contribution < -0.4 is 0 Å². The fourth-order valence-electron chi connectivity index (χ4n) is 2.02. The smallest absolute Gasteiger partial charge is 0.230 e. The first-order valence-electron chi connectivity index (χ1n) is 6.13. The highest BCUT2D eigenvalue weighted by Gasteiger charge is 2.22. The number of aryl methyl sites for hydroxylation is 2. The van der Waals surface area contributed by atoms with E-state index in [1.54, 1.807) is 10.7 Å². The van der Waals surface area contributed by atoms with E-state index in [1.807, 2.05) is 33.8 Å². The number of aromatic nitrogens is 3. The van der Waals surface area contributed by atoms with Crippen molar-refractivity contribution in [3.63, 3.8) is 0 Å². The van der Waals surface area contributed by atoms with E-state index in [4.69, 9.17) is 11.6 Å². The second kappa shape index (κ2) is 5.13. The van der Waals surface area contributed by atoms with Gasteiger partial charge in [0.25, 0.3) is 0 Å². The van der Waals surface area contributed by atoms with Crippen molar-refractivity contribution in [2.75, 3.05) is 0 Å². The Morgan fingerprint density at radius 2 is 2.00 bits per heavy atom. The molecule has 0 aliphatic carbocycles. The summed E-state index contributed by atoms with van der Waals surface area (Å²) in [4.78, 5) is 16.8. The molecule has 0 saturated carbocycles. The Balaban J connectivity index is 2.53. The molecule has 0 fully saturated rings. The van der Waals surface area contributed by atoms with Crippen LogP contribution in [0.2, 0.25) is 5.02 Å². The SMILES string of the molecule is Cc1cc(C)nc(C(=O)c2c(Cl)cnn2C(C)C)c1. The van der Waals surface area contributed by atoms with E-state index >= 15 is 0 Å². The molecule has 0 unspecified atom stereocenters. The first kappa shape index (κ1) is 13.7. The Morgan fingerprint density at radius 1 is 1.32 bits per heavy atom. The van der Waals surface area contributed by atoms with Crippen molar-refractivity contribution in [2.24, 2.45) is 0 Å². The van der Waals surface area contributed by atoms with Crippen LogP contribution >= 0.6 is 11.6 Å². The number of rotatable bonds is 3. The largest absolute Gasteiger partial charge is 0.285 e. The van der Waals surface area contributed by atoms with Crippen molar-refractivity contribution in [1.29, 1.82) is 0 Å². The molecule has 100 valence electrons. The van der Waals surface area contributed by atoms with Gasteiger partial charge in [-0.05, 0) is 45.4 Å². The summed E-state index contributed by atoms with van der Waals surface area (Å²) < 4.78 is 1.63. The third-order valence-electron chi connectivity index (χ3n) is 2.79. The molecule has 2 rings (SSSR count). The number of pyridine rings is 1. The summed E-state index contributed by atoms with van der Waals surface area (Å²) >= 11 is 6.08. The monoisotopic (exact) mass is 277 g/mol. The average molecular weight is 278 g/mol. The summed E-state index contributed by atoms with van der Waals surface area (Å²) in [5.41, 5.74) is 2.62. The number of carbonyl (C=O) groups is 1. The summed E-state index contributed by atoms with van der Waals surface area (Å²) in [5, 5.41) is 4.50. The maximum absolute atomic E-state index is 12.6. The van der Waals surface area contributed by atoms with Crippen LogP contribution in [0.25, 0.3) is 0 Å². The molecule has 0 N–H and O–H groups in total. The molecule has 2 aromatic rings. The molecule has 0 aliphatic heterocycles. The van der Waals surface area contributed by atoms with Gasteiger partial charge in [0.15, 0.2) is 0 Å². The van der Waals surface area contributed by atoms with E-state index in [9.17, 15) is 4.79 Å². The summed E-state index contributed by atoms with van der Waals surface area (Å²) in [6.45, 7) is 7.71. The van der Waals surface area contributed by atoms with Crippen LogP contribution in [0.15, 0.2) is 18.3 Å². The molecule has 0 spiro atoms. The molecule has 2 heterocycles. The average Bonchev–Trinajstić information content (AvgIpc) is 2.69. The van der Waals surface area contributed by atoms with Crippen LogP contribution in [-0.2, 0) is 0 Å². The van der Waals surface area contributed by atoms with E-state index in [1.165, 1.54) is 6.20 Å². The summed E-state index contributed by atoms with van der Waals surface area (Å²) in [6.07, 6.45) is 1.50. The first-order valence-corrected chi connectivity index (χ1v) is 6.51. The molecule has 19 heavy (non-hydrogen) atoms. The lowest BCUT2D eigenvalue weighted by molar-refractivity contribution is 0.102. The van der Waals surface area contributed by atoms with Gasteiger partial charge >= 0.3 is 0 Å². The van der Waals surface area contributed by atoms with Gasteiger partial charge in [-0.3, -0.25) is 9.48 Å². The lowest BCUT2D eigenvalue weighted by Crippen LogP contribution is -2.15. The van der Waals surface area contributed by atoms with Crippen LogP contribution in [0.5, 0.6) is 0 Å². The number of hydrogen-bond donors (Lipinski definition) is 0. The molecule has 0 saturated heterocycles. The Hall–Kier alpha value is -1.68. The third-order valence-corrected chi connectivity index (χ3v) is 3.06. The van der Waals surface area contributed by atoms with Gasteiger partial charge in [0.1, 0.15) is 11.4 Å². The number of ketones is 1. The maximum Gasteiger partial charge on any atom is 0.230 e. The normalized spacial score (nSPS) is 11.1. The number of hydrogen-bond acceptors (Lipinski definition) is 3. The molecular weight excluding hydrogens is 262 g/mol. The maximum atomic E-state index is 12.6. The summed E-state index contributed by atoms with van der Waals surface area (Å²) in [5.74, 6) is -0.192. The van der Waals surface area contributed by atoms with E-state index < -0.39 is 0 Å². The standard InChI is InChI=1S/C14H16ClN3O/c1-8(2)18-13(11(15)7-16-18)14(19)12-6-9(3)5-10(4)17-12/h5-8H,1-4H3. The van der Waals surface area contributed by atoms with Crippen molar-refractivity contribution in [1.82, 2.24) is 14.8 Å². The Morgan fingerprint density at radius 3 is 2.58 bits per heavy atom. The summed E-state index contributed by atoms with van der Waals surface area (Å²) in [7, 11) is 0. The molecule has 4 nitrogen and oxygen atoms in total. The minimum atomic E-state index is -0.192. The highest BCUT2D eigenvalue weighted by molar-refractivity contribution is 6.34. The van der Waals surface area contributed by atoms with Gasteiger partial charge in [0.05, 0.1) is 11.2 Å². The molecule has 5 heteroatoms. The zero-order valence-corrected chi connectivity index (χ0v) is 12.2. The van der Waals surface area contributed by atoms with Crippen LogP contribution in [0.1, 0.15) is 47.3 Å². The third kappa shape index (κ3) is 2.68. The Kier molecular flexibility index (Phi) is 3.71. The highest BCUT2D eigenvalue weighted by Crippen LogP contribution is 2.22. The zero-order valence-electron chi connectivity index (χ0n) is 11.4. The van der Waals surface area contributed by atoms with Crippen molar-refractivity contribution >= 4 is 17.4 Å². The van der Waals surface area contributed by atoms with Gasteiger partial charge in [-0.15, -0.1) is 0 Å². The minimum Gasteiger partial charge on any atom is -0.285 e. The van der Waals surface area contributed by atoms with Crippen LogP contribution in [-0.4, -0.2) is 20.5 Å². The van der Waals surface area contributed by atoms with Crippen LogP contribution in [0.4, 0.5) is 0 Å². The van der Waals surface area contributed by atoms with Gasteiger partial charge < -0.3 is 0 Å². The fraction of sp³-hybridized carbons (Fsp3) is 0.357. The molecular formula is C14H16ClN3O. The van der Waals surface area contributed by atoms with Gasteiger partial charge in [-0.2, -0.15) is 5.10 Å². The predicted octanol–water partition coefficient (Wildman–Crippen LogP) is 3.36. The topological polar surface area (TPSA) is 47.8 Å². The van der Waals surface area contributed by atoms with E-state index in [-0.39, 0.29) is 11.8 Å². The number of halogens is 1. The van der Waals surface area contributed by atoms with E-state index in [0.717, 1.165) is 11.3 Å². The second-order valence-electron chi connectivity index (χ2n) is 4.88. The number of nitrogens with zero attached hydrogens (tertiary/aromatic N) is 3. The van der Waals surface area contributed by atoms with Crippen LogP contribution in [0, 0.1) is 13.8 Å². The van der Waals surface area contributed by atoms with Gasteiger partial charge in [0, 0.05) is 11.7 Å². The highest BCUT2D eigenvalue weighted by atomic mass is 35.5. The van der Waals surface area contributed by atoms with E-state index in [2.05, 4.69) is 10.1 Å². The number of carbonyl (C=O) groups excluding carboxylic acids is 1. The minimum absolute atomic E-state index is 0.0670. The lowest BCUT2D eigenvalue weighted by atomic mass is 10.1. The Bertz CT molecular complexity index is 611. The van der Waals surface area contributed by atoms with Gasteiger partial charge in [-0.1, -0.05) is 11.6 Å². The van der Waals surface area contributed by atoms with Crippen molar-refractivity contribution in [3.05, 3.63) is 46.0 Å². The summed E-state index contributed by atoms with van der Waals surface area (Å²) in [6, 6.07) is 3.76. The second-order valence-corrected chi connectivity index (χ2v) is 5.29. The fourth-order valence-corrected chi connectivity index (χ4v) is 2.24. The zero-order chi connectivity index (χ0) is 14.2. The molecule has 0 aromatic carbocycles. The molecule has 0 radical (unpaired) electrons. The molecule has 2 aromatic heterocycles. The van der Waals surface area contributed by atoms with Crippen molar-refractivity contribution < 1.29 is 4.79 Å². The van der Waals surface area contributed by atoms with Crippen molar-refractivity contribution in [3.8, 4) is 0 Å². The molecule has 0 amide bonds. The van der Waals surface area contributed by atoms with Crippen molar-refractivity contribution in [2.45, 2.75) is 33.7 Å². The molecule has 0 atom stereocenters.